The summed E-state index contributed by atoms with van der Waals surface area (Å²) in [7, 11) is 0. The molecule has 1 aliphatic carbocycles. The van der Waals surface area contributed by atoms with Gasteiger partial charge in [-0.2, -0.15) is 5.26 Å². The third-order valence-electron chi connectivity index (χ3n) is 3.26. The lowest BCUT2D eigenvalue weighted by Gasteiger charge is -2.07. The van der Waals surface area contributed by atoms with Crippen molar-refractivity contribution in [3.05, 3.63) is 59.7 Å². The van der Waals surface area contributed by atoms with Gasteiger partial charge < -0.3 is 0 Å². The van der Waals surface area contributed by atoms with Crippen LogP contribution in [0.5, 0.6) is 0 Å². The quantitative estimate of drug-likeness (QED) is 0.696. The van der Waals surface area contributed by atoms with Crippen molar-refractivity contribution in [2.75, 3.05) is 0 Å². The molecule has 16 heavy (non-hydrogen) atoms. The SMILES string of the molecule is N#CCC1c2ccccc2-c2ccccc21. The first-order valence-corrected chi connectivity index (χ1v) is 5.47. The molecule has 2 aromatic rings. The Hall–Kier alpha value is -2.07. The van der Waals surface area contributed by atoms with E-state index in [9.17, 15) is 0 Å². The van der Waals surface area contributed by atoms with Crippen LogP contribution in [0.4, 0.5) is 0 Å². The van der Waals surface area contributed by atoms with Gasteiger partial charge in [0.2, 0.25) is 0 Å². The van der Waals surface area contributed by atoms with Crippen molar-refractivity contribution in [2.45, 2.75) is 12.3 Å². The van der Waals surface area contributed by atoms with E-state index in [1.165, 1.54) is 22.3 Å². The van der Waals surface area contributed by atoms with Gasteiger partial charge in [-0.3, -0.25) is 0 Å². The zero-order valence-corrected chi connectivity index (χ0v) is 8.85. The van der Waals surface area contributed by atoms with Crippen LogP contribution in [0.15, 0.2) is 48.5 Å². The lowest BCUT2D eigenvalue weighted by Crippen LogP contribution is -1.94. The molecule has 0 bridgehead atoms. The van der Waals surface area contributed by atoms with Gasteiger partial charge in [-0.1, -0.05) is 48.5 Å². The molecular weight excluding hydrogens is 194 g/mol. The van der Waals surface area contributed by atoms with Gasteiger partial charge in [0.15, 0.2) is 0 Å². The van der Waals surface area contributed by atoms with Gasteiger partial charge in [0.25, 0.3) is 0 Å². The number of benzene rings is 2. The fraction of sp³-hybridized carbons (Fsp3) is 0.133. The molecule has 3 rings (SSSR count). The van der Waals surface area contributed by atoms with Crippen LogP contribution in [0, 0.1) is 11.3 Å². The van der Waals surface area contributed by atoms with Crippen molar-refractivity contribution >= 4 is 0 Å². The van der Waals surface area contributed by atoms with Gasteiger partial charge in [0.1, 0.15) is 0 Å². The predicted molar refractivity (Wildman–Crippen MR) is 64.0 cm³/mol. The van der Waals surface area contributed by atoms with Gasteiger partial charge in [-0.05, 0) is 22.3 Å². The Labute approximate surface area is 95.0 Å². The number of hydrogen-bond acceptors (Lipinski definition) is 1. The molecule has 1 nitrogen and oxygen atoms in total. The first-order chi connectivity index (χ1) is 7.92. The van der Waals surface area contributed by atoms with Gasteiger partial charge >= 0.3 is 0 Å². The summed E-state index contributed by atoms with van der Waals surface area (Å²) in [6.45, 7) is 0. The van der Waals surface area contributed by atoms with E-state index in [0.29, 0.717) is 6.42 Å². The minimum atomic E-state index is 0.261. The Bertz CT molecular complexity index is 532. The van der Waals surface area contributed by atoms with E-state index in [-0.39, 0.29) is 5.92 Å². The molecular formula is C15H11N. The largest absolute Gasteiger partial charge is 0.198 e. The van der Waals surface area contributed by atoms with E-state index in [4.69, 9.17) is 5.26 Å². The number of rotatable bonds is 1. The van der Waals surface area contributed by atoms with Crippen LogP contribution in [0.1, 0.15) is 23.5 Å². The molecule has 1 aliphatic rings. The molecule has 0 saturated heterocycles. The molecule has 0 saturated carbocycles. The Balaban J connectivity index is 2.26. The highest BCUT2D eigenvalue weighted by Crippen LogP contribution is 2.45. The molecule has 0 amide bonds. The van der Waals surface area contributed by atoms with E-state index in [1.54, 1.807) is 0 Å². The maximum Gasteiger partial charge on any atom is 0.0631 e. The number of nitrogens with zero attached hydrogens (tertiary/aromatic N) is 1. The van der Waals surface area contributed by atoms with Crippen molar-refractivity contribution in [2.24, 2.45) is 0 Å². The van der Waals surface area contributed by atoms with E-state index in [0.717, 1.165) is 0 Å². The van der Waals surface area contributed by atoms with Gasteiger partial charge in [-0.15, -0.1) is 0 Å². The summed E-state index contributed by atoms with van der Waals surface area (Å²) >= 11 is 0. The molecule has 0 heterocycles. The normalized spacial score (nSPS) is 12.9. The maximum absolute atomic E-state index is 8.93. The minimum Gasteiger partial charge on any atom is -0.198 e. The van der Waals surface area contributed by atoms with Crippen LogP contribution in [0.25, 0.3) is 11.1 Å². The minimum absolute atomic E-state index is 0.261. The summed E-state index contributed by atoms with van der Waals surface area (Å²) in [5, 5.41) is 8.93. The fourth-order valence-corrected chi connectivity index (χ4v) is 2.57. The molecule has 2 aromatic carbocycles. The Morgan fingerprint density at radius 1 is 0.875 bits per heavy atom. The van der Waals surface area contributed by atoms with Crippen LogP contribution in [-0.2, 0) is 0 Å². The lowest BCUT2D eigenvalue weighted by atomic mass is 9.94. The van der Waals surface area contributed by atoms with Crippen LogP contribution in [0.3, 0.4) is 0 Å². The zero-order valence-electron chi connectivity index (χ0n) is 8.85. The maximum atomic E-state index is 8.93. The molecule has 0 unspecified atom stereocenters. The highest BCUT2D eigenvalue weighted by Gasteiger charge is 2.27. The Kier molecular flexibility index (Phi) is 2.01. The smallest absolute Gasteiger partial charge is 0.0631 e. The topological polar surface area (TPSA) is 23.8 Å². The van der Waals surface area contributed by atoms with E-state index in [2.05, 4.69) is 54.6 Å². The summed E-state index contributed by atoms with van der Waals surface area (Å²) in [6, 6.07) is 19.1. The van der Waals surface area contributed by atoms with E-state index in [1.807, 2.05) is 0 Å². The van der Waals surface area contributed by atoms with Gasteiger partial charge in [0, 0.05) is 12.3 Å². The second kappa shape index (κ2) is 3.50. The van der Waals surface area contributed by atoms with Crippen molar-refractivity contribution < 1.29 is 0 Å². The molecule has 0 aliphatic heterocycles. The summed E-state index contributed by atoms with van der Waals surface area (Å²) < 4.78 is 0. The third-order valence-corrected chi connectivity index (χ3v) is 3.26. The van der Waals surface area contributed by atoms with Crippen molar-refractivity contribution in [1.29, 1.82) is 5.26 Å². The number of fused-ring (bicyclic) bond motifs is 3. The van der Waals surface area contributed by atoms with Crippen molar-refractivity contribution in [3.63, 3.8) is 0 Å². The monoisotopic (exact) mass is 205 g/mol. The molecule has 0 fully saturated rings. The van der Waals surface area contributed by atoms with E-state index >= 15 is 0 Å². The van der Waals surface area contributed by atoms with E-state index < -0.39 is 0 Å². The summed E-state index contributed by atoms with van der Waals surface area (Å²) in [5.41, 5.74) is 5.17. The molecule has 0 aromatic heterocycles. The first kappa shape index (κ1) is 9.18. The highest BCUT2D eigenvalue weighted by molar-refractivity contribution is 5.78. The summed E-state index contributed by atoms with van der Waals surface area (Å²) in [4.78, 5) is 0. The van der Waals surface area contributed by atoms with Crippen molar-refractivity contribution in [3.8, 4) is 17.2 Å². The van der Waals surface area contributed by atoms with Crippen LogP contribution < -0.4 is 0 Å². The highest BCUT2D eigenvalue weighted by atomic mass is 14.3. The fourth-order valence-electron chi connectivity index (χ4n) is 2.57. The standard InChI is InChI=1S/C15H11N/c16-10-9-15-13-7-3-1-5-11(13)12-6-2-4-8-14(12)15/h1-8,15H,9H2. The van der Waals surface area contributed by atoms with Gasteiger partial charge in [0.05, 0.1) is 6.07 Å². The summed E-state index contributed by atoms with van der Waals surface area (Å²) in [5.74, 6) is 0.261. The molecule has 0 atom stereocenters. The lowest BCUT2D eigenvalue weighted by molar-refractivity contribution is 0.863. The van der Waals surface area contributed by atoms with Gasteiger partial charge in [-0.25, -0.2) is 0 Å². The van der Waals surface area contributed by atoms with Crippen LogP contribution >= 0.6 is 0 Å². The third kappa shape index (κ3) is 1.17. The second-order valence-corrected chi connectivity index (χ2v) is 4.09. The predicted octanol–water partition coefficient (Wildman–Crippen LogP) is 3.71. The number of hydrogen-bond donors (Lipinski definition) is 0. The second-order valence-electron chi connectivity index (χ2n) is 4.09. The molecule has 0 N–H and O–H groups in total. The average Bonchev–Trinajstić information content (AvgIpc) is 2.66. The zero-order chi connectivity index (χ0) is 11.0. The van der Waals surface area contributed by atoms with Crippen LogP contribution in [-0.4, -0.2) is 0 Å². The average molecular weight is 205 g/mol. The number of nitriles is 1. The Morgan fingerprint density at radius 3 is 1.88 bits per heavy atom. The molecule has 0 spiro atoms. The molecule has 0 radical (unpaired) electrons. The summed E-state index contributed by atoms with van der Waals surface area (Å²) in [6.07, 6.45) is 0.564. The molecule has 1 heteroatoms. The first-order valence-electron chi connectivity index (χ1n) is 5.47. The Morgan fingerprint density at radius 2 is 1.38 bits per heavy atom. The van der Waals surface area contributed by atoms with Crippen molar-refractivity contribution in [1.82, 2.24) is 0 Å². The van der Waals surface area contributed by atoms with Crippen LogP contribution in [0.2, 0.25) is 0 Å². The molecule has 76 valence electrons.